The highest BCUT2D eigenvalue weighted by Gasteiger charge is 2.32. The number of hydrogen-bond donors (Lipinski definition) is 3. The molecule has 0 bridgehead atoms. The molecule has 8 heteroatoms. The van der Waals surface area contributed by atoms with Crippen molar-refractivity contribution in [1.82, 2.24) is 15.5 Å². The molecule has 222 valence electrons. The minimum Gasteiger partial charge on any atom is -0.392 e. The van der Waals surface area contributed by atoms with Crippen LogP contribution in [0.3, 0.4) is 0 Å². The van der Waals surface area contributed by atoms with E-state index in [-0.39, 0.29) is 24.6 Å². The molecule has 1 aliphatic rings. The minimum atomic E-state index is -0.596. The van der Waals surface area contributed by atoms with E-state index < -0.39 is 18.4 Å². The molecule has 0 saturated carbocycles. The maximum Gasteiger partial charge on any atom is 0.315 e. The summed E-state index contributed by atoms with van der Waals surface area (Å²) < 4.78 is 12.8. The number of benzene rings is 3. The average Bonchev–Trinajstić information content (AvgIpc) is 3.00. The zero-order valence-corrected chi connectivity index (χ0v) is 24.4. The molecular formula is C34H41N3O5. The molecule has 0 spiro atoms. The van der Waals surface area contributed by atoms with Gasteiger partial charge in [0.1, 0.15) is 0 Å². The second-order valence-electron chi connectivity index (χ2n) is 10.8. The third-order valence-electron chi connectivity index (χ3n) is 7.35. The first-order chi connectivity index (χ1) is 20.3. The van der Waals surface area contributed by atoms with E-state index in [0.717, 1.165) is 40.9 Å². The molecular weight excluding hydrogens is 530 g/mol. The number of aliphatic hydroxyl groups is 1. The molecule has 4 atom stereocenters. The van der Waals surface area contributed by atoms with Gasteiger partial charge in [-0.05, 0) is 42.6 Å². The molecule has 3 aromatic carbocycles. The zero-order chi connectivity index (χ0) is 29.9. The van der Waals surface area contributed by atoms with Crippen LogP contribution >= 0.6 is 0 Å². The maximum absolute atomic E-state index is 12.6. The predicted molar refractivity (Wildman–Crippen MR) is 163 cm³/mol. The Morgan fingerprint density at radius 1 is 0.976 bits per heavy atom. The molecule has 0 aromatic heterocycles. The average molecular weight is 572 g/mol. The van der Waals surface area contributed by atoms with Crippen molar-refractivity contribution < 1.29 is 24.2 Å². The standard InChI is InChI=1S/C34H41N3O5/c1-4-18-37(3)22-30-20-32(28-14-12-27(23-38)13-15-28)42-33(41-30)29-16-10-26(11-17-29)21-35-34(40)36-31(24(2)39)19-25-8-6-5-7-9-25/h4-17,30-33,38H,1,18-23H2,2-3H3,(H2,35,36,40). The Balaban J connectivity index is 1.37. The minimum absolute atomic E-state index is 0.000372. The van der Waals surface area contributed by atoms with E-state index in [9.17, 15) is 14.7 Å². The summed E-state index contributed by atoms with van der Waals surface area (Å²) in [4.78, 5) is 26.9. The number of carbonyl (C=O) groups is 2. The van der Waals surface area contributed by atoms with E-state index in [1.54, 1.807) is 0 Å². The predicted octanol–water partition coefficient (Wildman–Crippen LogP) is 4.84. The number of nitrogens with zero attached hydrogens (tertiary/aromatic N) is 1. The first kappa shape index (κ1) is 31.1. The molecule has 1 heterocycles. The zero-order valence-electron chi connectivity index (χ0n) is 24.4. The van der Waals surface area contributed by atoms with E-state index >= 15 is 0 Å². The highest BCUT2D eigenvalue weighted by molar-refractivity contribution is 5.87. The van der Waals surface area contributed by atoms with Gasteiger partial charge in [0.15, 0.2) is 12.1 Å². The summed E-state index contributed by atoms with van der Waals surface area (Å²) in [5, 5.41) is 15.1. The van der Waals surface area contributed by atoms with Crippen LogP contribution in [0.4, 0.5) is 4.79 Å². The number of urea groups is 1. The van der Waals surface area contributed by atoms with Crippen molar-refractivity contribution in [3.05, 3.63) is 119 Å². The van der Waals surface area contributed by atoms with E-state index in [1.165, 1.54) is 6.92 Å². The summed E-state index contributed by atoms with van der Waals surface area (Å²) in [6.45, 7) is 7.12. The molecule has 2 amide bonds. The van der Waals surface area contributed by atoms with Crippen LogP contribution in [0.5, 0.6) is 0 Å². The van der Waals surface area contributed by atoms with Gasteiger partial charge in [0.2, 0.25) is 0 Å². The van der Waals surface area contributed by atoms with Gasteiger partial charge in [-0.3, -0.25) is 4.79 Å². The van der Waals surface area contributed by atoms with Crippen LogP contribution in [0.2, 0.25) is 0 Å². The number of likely N-dealkylation sites (N-methyl/N-ethyl adjacent to an activating group) is 1. The van der Waals surface area contributed by atoms with Crippen molar-refractivity contribution in [2.24, 2.45) is 0 Å². The Labute approximate surface area is 248 Å². The van der Waals surface area contributed by atoms with Gasteiger partial charge in [-0.1, -0.05) is 84.9 Å². The fourth-order valence-corrected chi connectivity index (χ4v) is 5.01. The summed E-state index contributed by atoms with van der Waals surface area (Å²) in [5.74, 6) is -0.0949. The number of amides is 2. The van der Waals surface area contributed by atoms with E-state index in [4.69, 9.17) is 9.47 Å². The molecule has 1 saturated heterocycles. The van der Waals surface area contributed by atoms with Crippen molar-refractivity contribution in [3.63, 3.8) is 0 Å². The first-order valence-corrected chi connectivity index (χ1v) is 14.3. The molecule has 42 heavy (non-hydrogen) atoms. The largest absolute Gasteiger partial charge is 0.392 e. The van der Waals surface area contributed by atoms with Gasteiger partial charge in [0.05, 0.1) is 24.9 Å². The number of nitrogens with one attached hydrogen (secondary N) is 2. The Kier molecular flexibility index (Phi) is 11.4. The van der Waals surface area contributed by atoms with Crippen LogP contribution in [0.25, 0.3) is 0 Å². The van der Waals surface area contributed by atoms with Crippen LogP contribution in [0.1, 0.15) is 53.6 Å². The maximum atomic E-state index is 12.6. The molecule has 4 unspecified atom stereocenters. The quantitative estimate of drug-likeness (QED) is 0.254. The Hall–Kier alpha value is -3.82. The number of hydrogen-bond acceptors (Lipinski definition) is 6. The molecule has 8 nitrogen and oxygen atoms in total. The molecule has 1 fully saturated rings. The van der Waals surface area contributed by atoms with Gasteiger partial charge in [-0.15, -0.1) is 6.58 Å². The number of Topliss-reactive ketones (excluding diaryl/α,β-unsaturated/α-hetero) is 1. The summed E-state index contributed by atoms with van der Waals surface area (Å²) >= 11 is 0. The van der Waals surface area contributed by atoms with Gasteiger partial charge < -0.3 is 30.1 Å². The highest BCUT2D eigenvalue weighted by Crippen LogP contribution is 2.38. The van der Waals surface area contributed by atoms with Crippen molar-refractivity contribution >= 4 is 11.8 Å². The van der Waals surface area contributed by atoms with E-state index in [0.29, 0.717) is 19.4 Å². The lowest BCUT2D eigenvalue weighted by atomic mass is 9.99. The monoisotopic (exact) mass is 571 g/mol. The van der Waals surface area contributed by atoms with Gasteiger partial charge in [0.25, 0.3) is 0 Å². The third-order valence-corrected chi connectivity index (χ3v) is 7.35. The van der Waals surface area contributed by atoms with Crippen molar-refractivity contribution in [1.29, 1.82) is 0 Å². The second-order valence-corrected chi connectivity index (χ2v) is 10.8. The number of ether oxygens (including phenoxy) is 2. The highest BCUT2D eigenvalue weighted by atomic mass is 16.7. The van der Waals surface area contributed by atoms with Crippen LogP contribution in [-0.2, 0) is 33.8 Å². The molecule has 0 aliphatic carbocycles. The SMILES string of the molecule is C=CCN(C)CC1CC(c2ccc(CO)cc2)OC(c2ccc(CNC(=O)NC(Cc3ccccc3)C(C)=O)cc2)O1. The number of carbonyl (C=O) groups excluding carboxylic acids is 2. The van der Waals surface area contributed by atoms with Crippen LogP contribution in [0, 0.1) is 0 Å². The van der Waals surface area contributed by atoms with E-state index in [2.05, 4.69) is 22.1 Å². The fourth-order valence-electron chi connectivity index (χ4n) is 5.01. The fraction of sp³-hybridized carbons (Fsp3) is 0.353. The molecule has 0 radical (unpaired) electrons. The third kappa shape index (κ3) is 9.09. The van der Waals surface area contributed by atoms with Gasteiger partial charge in [-0.2, -0.15) is 0 Å². The molecule has 1 aliphatic heterocycles. The number of rotatable bonds is 13. The Morgan fingerprint density at radius 3 is 2.29 bits per heavy atom. The van der Waals surface area contributed by atoms with Gasteiger partial charge in [0, 0.05) is 31.6 Å². The number of aliphatic hydroxyl groups excluding tert-OH is 1. The van der Waals surface area contributed by atoms with Crippen molar-refractivity contribution in [3.8, 4) is 0 Å². The first-order valence-electron chi connectivity index (χ1n) is 14.3. The summed E-state index contributed by atoms with van der Waals surface area (Å²) in [6.07, 6.45) is 2.26. The summed E-state index contributed by atoms with van der Waals surface area (Å²) in [7, 11) is 2.04. The van der Waals surface area contributed by atoms with Crippen molar-refractivity contribution in [2.45, 2.75) is 57.5 Å². The Bertz CT molecular complexity index is 1300. The summed E-state index contributed by atoms with van der Waals surface area (Å²) in [5.41, 5.74) is 4.68. The van der Waals surface area contributed by atoms with Gasteiger partial charge in [-0.25, -0.2) is 4.79 Å². The van der Waals surface area contributed by atoms with E-state index in [1.807, 2.05) is 92.0 Å². The van der Waals surface area contributed by atoms with Crippen molar-refractivity contribution in [2.75, 3.05) is 20.1 Å². The lowest BCUT2D eigenvalue weighted by Gasteiger charge is -2.37. The topological polar surface area (TPSA) is 100 Å². The summed E-state index contributed by atoms with van der Waals surface area (Å²) in [6, 6.07) is 24.2. The Morgan fingerprint density at radius 2 is 1.64 bits per heavy atom. The van der Waals surface area contributed by atoms with Gasteiger partial charge >= 0.3 is 6.03 Å². The molecule has 3 N–H and O–H groups in total. The smallest absolute Gasteiger partial charge is 0.315 e. The second kappa shape index (κ2) is 15.4. The normalized spacial score (nSPS) is 19.2. The lowest BCUT2D eigenvalue weighted by Crippen LogP contribution is -2.46. The van der Waals surface area contributed by atoms with Crippen LogP contribution in [-0.4, -0.2) is 54.1 Å². The molecule has 4 rings (SSSR count). The number of ketones is 1. The molecule has 3 aromatic rings. The van der Waals surface area contributed by atoms with Crippen LogP contribution in [0.15, 0.2) is 91.5 Å². The van der Waals surface area contributed by atoms with Crippen LogP contribution < -0.4 is 10.6 Å². The lowest BCUT2D eigenvalue weighted by molar-refractivity contribution is -0.252.